The maximum absolute atomic E-state index is 12.4. The molecule has 21 heavy (non-hydrogen) atoms. The molecule has 3 heterocycles. The molecule has 2 aromatic heterocycles. The Kier molecular flexibility index (Phi) is 3.86. The third-order valence-electron chi connectivity index (χ3n) is 3.96. The molecule has 1 aliphatic heterocycles. The Bertz CT molecular complexity index is 645. The topological polar surface area (TPSA) is 38.1 Å². The molecule has 1 atom stereocenters. The highest BCUT2D eigenvalue weighted by molar-refractivity contribution is 5.92. The van der Waals surface area contributed by atoms with Gasteiger partial charge in [0.25, 0.3) is 0 Å². The molecular weight excluding hydrogens is 262 g/mol. The lowest BCUT2D eigenvalue weighted by molar-refractivity contribution is -0.126. The maximum atomic E-state index is 12.4. The zero-order valence-electron chi connectivity index (χ0n) is 12.1. The quantitative estimate of drug-likeness (QED) is 0.811. The minimum atomic E-state index is 0.0718. The lowest BCUT2D eigenvalue weighted by Crippen LogP contribution is -2.29. The summed E-state index contributed by atoms with van der Waals surface area (Å²) in [4.78, 5) is 18.5. The summed E-state index contributed by atoms with van der Waals surface area (Å²) in [5, 5.41) is 0. The lowest BCUT2D eigenvalue weighted by Gasteiger charge is -2.24. The minimum Gasteiger partial charge on any atom is -0.353 e. The molecule has 1 amide bonds. The Balaban J connectivity index is 1.75. The van der Waals surface area contributed by atoms with Crippen molar-refractivity contribution in [3.05, 3.63) is 60.2 Å². The number of carbonyl (C=O) groups is 1. The molecule has 1 fully saturated rings. The van der Waals surface area contributed by atoms with Crippen molar-refractivity contribution in [3.8, 4) is 0 Å². The number of nitrogens with zero attached hydrogens (tertiary/aromatic N) is 3. The van der Waals surface area contributed by atoms with E-state index in [1.54, 1.807) is 18.5 Å². The Morgan fingerprint density at radius 2 is 2.29 bits per heavy atom. The van der Waals surface area contributed by atoms with Crippen LogP contribution in [-0.2, 0) is 11.8 Å². The SMILES string of the molecule is Cn1cccc1C1CCCN1C(=O)C=Cc1cccnc1. The van der Waals surface area contributed by atoms with Crippen molar-refractivity contribution < 1.29 is 4.79 Å². The standard InChI is InChI=1S/C17H19N3O/c1-19-11-3-6-15(19)16-7-4-12-20(16)17(21)9-8-14-5-2-10-18-13-14/h2-3,5-6,8-11,13,16H,4,7,12H2,1H3. The van der Waals surface area contributed by atoms with E-state index < -0.39 is 0 Å². The average molecular weight is 281 g/mol. The summed E-state index contributed by atoms with van der Waals surface area (Å²) in [5.41, 5.74) is 2.15. The first kappa shape index (κ1) is 13.6. The third kappa shape index (κ3) is 2.89. The lowest BCUT2D eigenvalue weighted by atomic mass is 10.1. The average Bonchev–Trinajstić information content (AvgIpc) is 3.14. The van der Waals surface area contributed by atoms with Gasteiger partial charge in [-0.15, -0.1) is 0 Å². The molecule has 1 aliphatic rings. The molecule has 1 unspecified atom stereocenters. The zero-order valence-corrected chi connectivity index (χ0v) is 12.1. The summed E-state index contributed by atoms with van der Waals surface area (Å²) in [6.07, 6.45) is 11.1. The van der Waals surface area contributed by atoms with Crippen molar-refractivity contribution in [2.75, 3.05) is 6.54 Å². The van der Waals surface area contributed by atoms with Crippen molar-refractivity contribution >= 4 is 12.0 Å². The largest absolute Gasteiger partial charge is 0.353 e. The van der Waals surface area contributed by atoms with Gasteiger partial charge < -0.3 is 9.47 Å². The van der Waals surface area contributed by atoms with E-state index >= 15 is 0 Å². The van der Waals surface area contributed by atoms with E-state index in [0.717, 1.165) is 24.9 Å². The summed E-state index contributed by atoms with van der Waals surface area (Å²) in [6.45, 7) is 0.825. The summed E-state index contributed by atoms with van der Waals surface area (Å²) >= 11 is 0. The van der Waals surface area contributed by atoms with Crippen molar-refractivity contribution in [3.63, 3.8) is 0 Å². The van der Waals surface area contributed by atoms with Crippen LogP contribution < -0.4 is 0 Å². The van der Waals surface area contributed by atoms with Gasteiger partial charge in [-0.3, -0.25) is 9.78 Å². The van der Waals surface area contributed by atoms with Crippen molar-refractivity contribution in [2.45, 2.75) is 18.9 Å². The van der Waals surface area contributed by atoms with Crippen LogP contribution in [0.15, 0.2) is 48.9 Å². The fourth-order valence-electron chi connectivity index (χ4n) is 2.90. The molecule has 2 aromatic rings. The number of likely N-dealkylation sites (tertiary alicyclic amines) is 1. The highest BCUT2D eigenvalue weighted by atomic mass is 16.2. The molecule has 0 aromatic carbocycles. The molecule has 0 N–H and O–H groups in total. The van der Waals surface area contributed by atoms with Gasteiger partial charge >= 0.3 is 0 Å². The van der Waals surface area contributed by atoms with E-state index in [4.69, 9.17) is 0 Å². The normalized spacial score (nSPS) is 18.5. The number of pyridine rings is 1. The predicted molar refractivity (Wildman–Crippen MR) is 82.4 cm³/mol. The van der Waals surface area contributed by atoms with E-state index in [-0.39, 0.29) is 11.9 Å². The first-order valence-corrected chi connectivity index (χ1v) is 7.25. The van der Waals surface area contributed by atoms with Gasteiger partial charge in [-0.1, -0.05) is 6.07 Å². The predicted octanol–water partition coefficient (Wildman–Crippen LogP) is 2.80. The van der Waals surface area contributed by atoms with Crippen LogP contribution >= 0.6 is 0 Å². The summed E-state index contributed by atoms with van der Waals surface area (Å²) in [6, 6.07) is 8.13. The van der Waals surface area contributed by atoms with Crippen LogP contribution in [0.4, 0.5) is 0 Å². The Morgan fingerprint density at radius 1 is 1.38 bits per heavy atom. The molecule has 0 radical (unpaired) electrons. The van der Waals surface area contributed by atoms with Crippen LogP contribution in [0.25, 0.3) is 6.08 Å². The number of aryl methyl sites for hydroxylation is 1. The molecule has 0 aliphatic carbocycles. The summed E-state index contributed by atoms with van der Waals surface area (Å²) in [7, 11) is 2.03. The summed E-state index contributed by atoms with van der Waals surface area (Å²) < 4.78 is 2.10. The number of rotatable bonds is 3. The van der Waals surface area contributed by atoms with Gasteiger partial charge in [-0.25, -0.2) is 0 Å². The smallest absolute Gasteiger partial charge is 0.247 e. The number of amides is 1. The first-order valence-electron chi connectivity index (χ1n) is 7.25. The van der Waals surface area contributed by atoms with Crippen LogP contribution in [0.5, 0.6) is 0 Å². The van der Waals surface area contributed by atoms with Gasteiger partial charge in [0.1, 0.15) is 0 Å². The Morgan fingerprint density at radius 3 is 3.00 bits per heavy atom. The van der Waals surface area contributed by atoms with Gasteiger partial charge in [0, 0.05) is 44.0 Å². The van der Waals surface area contributed by atoms with Gasteiger partial charge in [0.05, 0.1) is 6.04 Å². The van der Waals surface area contributed by atoms with Crippen LogP contribution in [0, 0.1) is 0 Å². The molecule has 108 valence electrons. The van der Waals surface area contributed by atoms with Crippen LogP contribution in [0.1, 0.15) is 30.1 Å². The number of carbonyl (C=O) groups excluding carboxylic acids is 1. The van der Waals surface area contributed by atoms with Crippen molar-refractivity contribution in [2.24, 2.45) is 7.05 Å². The third-order valence-corrected chi connectivity index (χ3v) is 3.96. The molecule has 0 bridgehead atoms. The maximum Gasteiger partial charge on any atom is 0.247 e. The fourth-order valence-corrected chi connectivity index (χ4v) is 2.90. The fraction of sp³-hybridized carbons (Fsp3) is 0.294. The van der Waals surface area contributed by atoms with Gasteiger partial charge in [0.15, 0.2) is 0 Å². The van der Waals surface area contributed by atoms with Crippen molar-refractivity contribution in [1.29, 1.82) is 0 Å². The number of aromatic nitrogens is 2. The molecule has 3 rings (SSSR count). The summed E-state index contributed by atoms with van der Waals surface area (Å²) in [5.74, 6) is 0.0718. The molecule has 0 spiro atoms. The van der Waals surface area contributed by atoms with Gasteiger partial charge in [0.2, 0.25) is 5.91 Å². The van der Waals surface area contributed by atoms with E-state index in [1.807, 2.05) is 42.4 Å². The van der Waals surface area contributed by atoms with Crippen LogP contribution in [0.2, 0.25) is 0 Å². The van der Waals surface area contributed by atoms with E-state index in [0.29, 0.717) is 0 Å². The van der Waals surface area contributed by atoms with E-state index in [1.165, 1.54) is 5.69 Å². The van der Waals surface area contributed by atoms with Crippen LogP contribution in [0.3, 0.4) is 0 Å². The first-order chi connectivity index (χ1) is 10.3. The van der Waals surface area contributed by atoms with Crippen molar-refractivity contribution in [1.82, 2.24) is 14.5 Å². The molecule has 4 nitrogen and oxygen atoms in total. The molecule has 4 heteroatoms. The monoisotopic (exact) mass is 281 g/mol. The molecule has 1 saturated heterocycles. The van der Waals surface area contributed by atoms with E-state index in [2.05, 4.69) is 15.6 Å². The number of hydrogen-bond acceptors (Lipinski definition) is 2. The second kappa shape index (κ2) is 5.95. The second-order valence-corrected chi connectivity index (χ2v) is 5.35. The Hall–Kier alpha value is -2.36. The highest BCUT2D eigenvalue weighted by Crippen LogP contribution is 2.32. The molecule has 0 saturated carbocycles. The Labute approximate surface area is 124 Å². The highest BCUT2D eigenvalue weighted by Gasteiger charge is 2.29. The van der Waals surface area contributed by atoms with Crippen LogP contribution in [-0.4, -0.2) is 26.9 Å². The number of hydrogen-bond donors (Lipinski definition) is 0. The molecular formula is C17H19N3O. The van der Waals surface area contributed by atoms with E-state index in [9.17, 15) is 4.79 Å². The van der Waals surface area contributed by atoms with Gasteiger partial charge in [-0.2, -0.15) is 0 Å². The minimum absolute atomic E-state index is 0.0718. The second-order valence-electron chi connectivity index (χ2n) is 5.35. The zero-order chi connectivity index (χ0) is 14.7. The van der Waals surface area contributed by atoms with Gasteiger partial charge in [-0.05, 0) is 42.7 Å².